The molecule has 15 heavy (non-hydrogen) atoms. The van der Waals surface area contributed by atoms with E-state index in [1.54, 1.807) is 24.3 Å². The number of alkyl halides is 2. The Morgan fingerprint density at radius 3 is 2.40 bits per heavy atom. The van der Waals surface area contributed by atoms with Crippen LogP contribution >= 0.6 is 0 Å². The number of hydrogen-bond donors (Lipinski definition) is 0. The number of methoxy groups -OCH3 is 1. The Morgan fingerprint density at radius 1 is 1.27 bits per heavy atom. The molecule has 0 N–H and O–H groups in total. The third-order valence-corrected chi connectivity index (χ3v) is 2.27. The zero-order valence-corrected chi connectivity index (χ0v) is 8.11. The van der Waals surface area contributed by atoms with Gasteiger partial charge < -0.3 is 9.47 Å². The van der Waals surface area contributed by atoms with E-state index < -0.39 is 12.0 Å². The number of benzene rings is 1. The molecule has 0 radical (unpaired) electrons. The molecule has 0 saturated heterocycles. The third-order valence-electron chi connectivity index (χ3n) is 2.27. The fourth-order valence-electron chi connectivity index (χ4n) is 1.47. The smallest absolute Gasteiger partial charge is 0.309 e. The summed E-state index contributed by atoms with van der Waals surface area (Å²) >= 11 is 0. The van der Waals surface area contributed by atoms with Crippen LogP contribution in [-0.4, -0.2) is 13.0 Å². The SMILES string of the molecule is COc1ccc(C2OC=CC2(F)F)cc1. The molecule has 2 rings (SSSR count). The summed E-state index contributed by atoms with van der Waals surface area (Å²) in [6, 6.07) is 6.41. The molecule has 1 atom stereocenters. The Kier molecular flexibility index (Phi) is 2.34. The van der Waals surface area contributed by atoms with Gasteiger partial charge in [0.2, 0.25) is 0 Å². The third kappa shape index (κ3) is 1.79. The Hall–Kier alpha value is -1.58. The minimum Gasteiger partial charge on any atom is -0.497 e. The summed E-state index contributed by atoms with van der Waals surface area (Å²) in [7, 11) is 1.53. The van der Waals surface area contributed by atoms with E-state index in [1.165, 1.54) is 7.11 Å². The number of ether oxygens (including phenoxy) is 2. The second kappa shape index (κ2) is 3.53. The van der Waals surface area contributed by atoms with Crippen molar-refractivity contribution in [3.05, 3.63) is 42.2 Å². The summed E-state index contributed by atoms with van der Waals surface area (Å²) in [6.45, 7) is 0. The molecule has 1 aromatic carbocycles. The second-order valence-electron chi connectivity index (χ2n) is 3.27. The lowest BCUT2D eigenvalue weighted by Crippen LogP contribution is -2.20. The van der Waals surface area contributed by atoms with Crippen LogP contribution in [0.25, 0.3) is 0 Å². The lowest BCUT2D eigenvalue weighted by Gasteiger charge is -2.18. The summed E-state index contributed by atoms with van der Waals surface area (Å²) in [6.07, 6.45) is 0.583. The van der Waals surface area contributed by atoms with Gasteiger partial charge in [0, 0.05) is 6.08 Å². The minimum atomic E-state index is -2.94. The van der Waals surface area contributed by atoms with Gasteiger partial charge in [-0.1, -0.05) is 12.1 Å². The predicted octanol–water partition coefficient (Wildman–Crippen LogP) is 2.92. The van der Waals surface area contributed by atoms with Gasteiger partial charge in [-0.15, -0.1) is 0 Å². The highest BCUT2D eigenvalue weighted by Gasteiger charge is 2.43. The van der Waals surface area contributed by atoms with Gasteiger partial charge in [0.1, 0.15) is 5.75 Å². The van der Waals surface area contributed by atoms with Crippen LogP contribution in [0.1, 0.15) is 11.7 Å². The highest BCUT2D eigenvalue weighted by molar-refractivity contribution is 5.31. The van der Waals surface area contributed by atoms with Gasteiger partial charge in [-0.25, -0.2) is 0 Å². The Balaban J connectivity index is 2.23. The van der Waals surface area contributed by atoms with E-state index in [9.17, 15) is 8.78 Å². The molecular weight excluding hydrogens is 202 g/mol. The maximum atomic E-state index is 13.2. The van der Waals surface area contributed by atoms with Crippen molar-refractivity contribution in [3.63, 3.8) is 0 Å². The van der Waals surface area contributed by atoms with E-state index in [4.69, 9.17) is 9.47 Å². The molecule has 2 nitrogen and oxygen atoms in total. The molecule has 0 aliphatic carbocycles. The van der Waals surface area contributed by atoms with Crippen LogP contribution in [-0.2, 0) is 4.74 Å². The predicted molar refractivity (Wildman–Crippen MR) is 50.9 cm³/mol. The van der Waals surface area contributed by atoms with Crippen molar-refractivity contribution in [1.82, 2.24) is 0 Å². The van der Waals surface area contributed by atoms with Crippen LogP contribution in [0.2, 0.25) is 0 Å². The van der Waals surface area contributed by atoms with Crippen molar-refractivity contribution in [2.24, 2.45) is 0 Å². The van der Waals surface area contributed by atoms with Gasteiger partial charge in [-0.2, -0.15) is 8.78 Å². The first-order chi connectivity index (χ1) is 7.13. The topological polar surface area (TPSA) is 18.5 Å². The quantitative estimate of drug-likeness (QED) is 0.750. The molecule has 1 unspecified atom stereocenters. The van der Waals surface area contributed by atoms with Crippen molar-refractivity contribution in [2.45, 2.75) is 12.0 Å². The lowest BCUT2D eigenvalue weighted by atomic mass is 10.0. The molecular formula is C11H10F2O2. The van der Waals surface area contributed by atoms with Crippen molar-refractivity contribution < 1.29 is 18.3 Å². The highest BCUT2D eigenvalue weighted by Crippen LogP contribution is 2.40. The van der Waals surface area contributed by atoms with Gasteiger partial charge in [-0.05, 0) is 17.7 Å². The van der Waals surface area contributed by atoms with Crippen LogP contribution in [0.3, 0.4) is 0 Å². The molecule has 1 aliphatic rings. The summed E-state index contributed by atoms with van der Waals surface area (Å²) in [5, 5.41) is 0. The fourth-order valence-corrected chi connectivity index (χ4v) is 1.47. The summed E-state index contributed by atoms with van der Waals surface area (Å²) < 4.78 is 36.3. The van der Waals surface area contributed by atoms with E-state index in [1.807, 2.05) is 0 Å². The van der Waals surface area contributed by atoms with Crippen LogP contribution in [0, 0.1) is 0 Å². The summed E-state index contributed by atoms with van der Waals surface area (Å²) in [4.78, 5) is 0. The Bertz CT molecular complexity index is 371. The first kappa shape index (κ1) is 9.96. The van der Waals surface area contributed by atoms with Crippen LogP contribution < -0.4 is 4.74 Å². The lowest BCUT2D eigenvalue weighted by molar-refractivity contribution is -0.0517. The molecule has 1 heterocycles. The van der Waals surface area contributed by atoms with Gasteiger partial charge >= 0.3 is 5.92 Å². The average molecular weight is 212 g/mol. The maximum Gasteiger partial charge on any atom is 0.309 e. The van der Waals surface area contributed by atoms with Crippen LogP contribution in [0.4, 0.5) is 8.78 Å². The summed E-state index contributed by atoms with van der Waals surface area (Å²) in [5.74, 6) is -2.30. The molecule has 0 amide bonds. The van der Waals surface area contributed by atoms with E-state index >= 15 is 0 Å². The normalized spacial score (nSPS) is 22.5. The van der Waals surface area contributed by atoms with E-state index in [0.717, 1.165) is 12.3 Å². The molecule has 0 bridgehead atoms. The van der Waals surface area contributed by atoms with E-state index in [2.05, 4.69) is 0 Å². The minimum absolute atomic E-state index is 0.436. The van der Waals surface area contributed by atoms with Crippen molar-refractivity contribution >= 4 is 0 Å². The largest absolute Gasteiger partial charge is 0.497 e. The van der Waals surface area contributed by atoms with E-state index in [-0.39, 0.29) is 0 Å². The second-order valence-corrected chi connectivity index (χ2v) is 3.27. The Morgan fingerprint density at radius 2 is 1.93 bits per heavy atom. The maximum absolute atomic E-state index is 13.2. The first-order valence-electron chi connectivity index (χ1n) is 4.48. The average Bonchev–Trinajstić information content (AvgIpc) is 2.58. The van der Waals surface area contributed by atoms with Crippen molar-refractivity contribution in [2.75, 3.05) is 7.11 Å². The first-order valence-corrected chi connectivity index (χ1v) is 4.48. The fraction of sp³-hybridized carbons (Fsp3) is 0.273. The molecule has 0 saturated carbocycles. The van der Waals surface area contributed by atoms with Crippen molar-refractivity contribution in [3.8, 4) is 5.75 Å². The van der Waals surface area contributed by atoms with Gasteiger partial charge in [0.25, 0.3) is 0 Å². The Labute approximate surface area is 86.1 Å². The molecule has 4 heteroatoms. The zero-order valence-electron chi connectivity index (χ0n) is 8.11. The zero-order chi connectivity index (χ0) is 10.9. The summed E-state index contributed by atoms with van der Waals surface area (Å²) in [5.41, 5.74) is 0.436. The van der Waals surface area contributed by atoms with Gasteiger partial charge in [0.05, 0.1) is 13.4 Å². The molecule has 1 aliphatic heterocycles. The van der Waals surface area contributed by atoms with Gasteiger partial charge in [0.15, 0.2) is 6.10 Å². The van der Waals surface area contributed by atoms with Crippen LogP contribution in [0.5, 0.6) is 5.75 Å². The van der Waals surface area contributed by atoms with E-state index in [0.29, 0.717) is 11.3 Å². The molecule has 0 spiro atoms. The number of rotatable bonds is 2. The monoisotopic (exact) mass is 212 g/mol. The molecule has 0 fully saturated rings. The van der Waals surface area contributed by atoms with Crippen molar-refractivity contribution in [1.29, 1.82) is 0 Å². The molecule has 80 valence electrons. The highest BCUT2D eigenvalue weighted by atomic mass is 19.3. The molecule has 1 aromatic rings. The molecule has 0 aromatic heterocycles. The number of hydrogen-bond acceptors (Lipinski definition) is 2. The van der Waals surface area contributed by atoms with Crippen LogP contribution in [0.15, 0.2) is 36.6 Å². The number of halogens is 2. The van der Waals surface area contributed by atoms with Gasteiger partial charge in [-0.3, -0.25) is 0 Å². The standard InChI is InChI=1S/C11H10F2O2/c1-14-9-4-2-8(3-5-9)10-11(12,13)6-7-15-10/h2-7,10H,1H3.